The molecule has 90 valence electrons. The Morgan fingerprint density at radius 2 is 2.00 bits per heavy atom. The first-order chi connectivity index (χ1) is 8.11. The minimum Gasteiger partial charge on any atom is -0.346 e. The van der Waals surface area contributed by atoms with Crippen LogP contribution < -0.4 is 5.73 Å². The van der Waals surface area contributed by atoms with Gasteiger partial charge in [0.05, 0.1) is 5.69 Å². The molecule has 0 aliphatic carbocycles. The average molecular weight is 229 g/mol. The van der Waals surface area contributed by atoms with Crippen LogP contribution in [0.4, 0.5) is 0 Å². The predicted molar refractivity (Wildman–Crippen MR) is 71.0 cm³/mol. The monoisotopic (exact) mass is 229 g/mol. The fourth-order valence-electron chi connectivity index (χ4n) is 2.17. The maximum Gasteiger partial charge on any atom is 0.103 e. The number of aromatic amines is 1. The molecule has 0 amide bonds. The van der Waals surface area contributed by atoms with Crippen molar-refractivity contribution in [3.63, 3.8) is 0 Å². The number of rotatable bonds is 3. The van der Waals surface area contributed by atoms with Crippen LogP contribution in [0.1, 0.15) is 22.6 Å². The fourth-order valence-corrected chi connectivity index (χ4v) is 2.17. The normalized spacial score (nSPS) is 10.8. The number of aromatic nitrogens is 2. The van der Waals surface area contributed by atoms with E-state index >= 15 is 0 Å². The molecule has 0 spiro atoms. The van der Waals surface area contributed by atoms with Crippen LogP contribution >= 0.6 is 0 Å². The quantitative estimate of drug-likeness (QED) is 0.849. The molecular weight excluding hydrogens is 210 g/mol. The SMILES string of the molecule is Cc1ccc(-c2nc(C)[nH]c2CCN)c(C)c1. The molecule has 1 aromatic heterocycles. The first-order valence-corrected chi connectivity index (χ1v) is 5.95. The smallest absolute Gasteiger partial charge is 0.103 e. The van der Waals surface area contributed by atoms with E-state index in [0.717, 1.165) is 23.6 Å². The Bertz CT molecular complexity index is 526. The summed E-state index contributed by atoms with van der Waals surface area (Å²) in [4.78, 5) is 7.87. The van der Waals surface area contributed by atoms with Crippen LogP contribution in [0.3, 0.4) is 0 Å². The second-order valence-electron chi connectivity index (χ2n) is 4.51. The number of benzene rings is 1. The highest BCUT2D eigenvalue weighted by atomic mass is 14.9. The molecule has 1 aromatic carbocycles. The van der Waals surface area contributed by atoms with Crippen LogP contribution in [-0.4, -0.2) is 16.5 Å². The molecule has 0 saturated carbocycles. The van der Waals surface area contributed by atoms with Gasteiger partial charge in [0.1, 0.15) is 5.82 Å². The minimum absolute atomic E-state index is 0.638. The van der Waals surface area contributed by atoms with Crippen LogP contribution in [0.2, 0.25) is 0 Å². The van der Waals surface area contributed by atoms with Gasteiger partial charge in [0.15, 0.2) is 0 Å². The Kier molecular flexibility index (Phi) is 3.29. The van der Waals surface area contributed by atoms with Crippen molar-refractivity contribution in [3.05, 3.63) is 40.8 Å². The molecule has 0 radical (unpaired) electrons. The molecule has 3 nitrogen and oxygen atoms in total. The molecule has 17 heavy (non-hydrogen) atoms. The molecule has 2 aromatic rings. The van der Waals surface area contributed by atoms with Gasteiger partial charge in [-0.3, -0.25) is 0 Å². The lowest BCUT2D eigenvalue weighted by atomic mass is 10.0. The number of hydrogen-bond donors (Lipinski definition) is 2. The fraction of sp³-hybridized carbons (Fsp3) is 0.357. The summed E-state index contributed by atoms with van der Waals surface area (Å²) in [7, 11) is 0. The van der Waals surface area contributed by atoms with Gasteiger partial charge in [0, 0.05) is 17.7 Å². The summed E-state index contributed by atoms with van der Waals surface area (Å²) in [6.45, 7) is 6.85. The maximum atomic E-state index is 5.63. The zero-order valence-electron chi connectivity index (χ0n) is 10.7. The van der Waals surface area contributed by atoms with E-state index in [1.54, 1.807) is 0 Å². The average Bonchev–Trinajstić information content (AvgIpc) is 2.60. The topological polar surface area (TPSA) is 54.7 Å². The molecule has 0 aliphatic rings. The van der Waals surface area contributed by atoms with Crippen LogP contribution in [0.15, 0.2) is 18.2 Å². The van der Waals surface area contributed by atoms with Gasteiger partial charge < -0.3 is 10.7 Å². The number of H-pyrrole nitrogens is 1. The lowest BCUT2D eigenvalue weighted by Crippen LogP contribution is -2.04. The summed E-state index contributed by atoms with van der Waals surface area (Å²) in [6.07, 6.45) is 0.837. The van der Waals surface area contributed by atoms with Crippen molar-refractivity contribution in [2.45, 2.75) is 27.2 Å². The molecule has 2 rings (SSSR count). The molecule has 3 heteroatoms. The van der Waals surface area contributed by atoms with Gasteiger partial charge in [-0.05, 0) is 32.9 Å². The lowest BCUT2D eigenvalue weighted by Gasteiger charge is -2.06. The van der Waals surface area contributed by atoms with Gasteiger partial charge in [-0.15, -0.1) is 0 Å². The Labute approximate surface area is 102 Å². The first-order valence-electron chi connectivity index (χ1n) is 5.95. The van der Waals surface area contributed by atoms with Crippen molar-refractivity contribution >= 4 is 0 Å². The Hall–Kier alpha value is -1.61. The second-order valence-corrected chi connectivity index (χ2v) is 4.51. The zero-order valence-corrected chi connectivity index (χ0v) is 10.7. The Morgan fingerprint density at radius 3 is 2.65 bits per heavy atom. The number of nitrogens with zero attached hydrogens (tertiary/aromatic N) is 1. The lowest BCUT2D eigenvalue weighted by molar-refractivity contribution is 0.930. The summed E-state index contributed by atoms with van der Waals surface area (Å²) in [6, 6.07) is 6.45. The standard InChI is InChI=1S/C14H19N3/c1-9-4-5-12(10(2)8-9)14-13(6-7-15)16-11(3)17-14/h4-5,8H,6-7,15H2,1-3H3,(H,16,17). The highest BCUT2D eigenvalue weighted by Crippen LogP contribution is 2.26. The summed E-state index contributed by atoms with van der Waals surface area (Å²) >= 11 is 0. The highest BCUT2D eigenvalue weighted by molar-refractivity contribution is 5.66. The minimum atomic E-state index is 0.638. The number of nitrogens with one attached hydrogen (secondary N) is 1. The van der Waals surface area contributed by atoms with Crippen molar-refractivity contribution in [1.82, 2.24) is 9.97 Å². The van der Waals surface area contributed by atoms with Gasteiger partial charge in [0.2, 0.25) is 0 Å². The number of nitrogens with two attached hydrogens (primary N) is 1. The molecule has 0 saturated heterocycles. The van der Waals surface area contributed by atoms with Gasteiger partial charge in [-0.2, -0.15) is 0 Å². The van der Waals surface area contributed by atoms with E-state index in [1.165, 1.54) is 16.7 Å². The number of imidazole rings is 1. The number of aryl methyl sites for hydroxylation is 3. The highest BCUT2D eigenvalue weighted by Gasteiger charge is 2.11. The van der Waals surface area contributed by atoms with Crippen molar-refractivity contribution in [2.75, 3.05) is 6.54 Å². The first kappa shape index (κ1) is 11.9. The van der Waals surface area contributed by atoms with Gasteiger partial charge in [-0.25, -0.2) is 4.98 Å². The van der Waals surface area contributed by atoms with Crippen LogP contribution in [0, 0.1) is 20.8 Å². The second kappa shape index (κ2) is 4.72. The summed E-state index contributed by atoms with van der Waals surface area (Å²) in [5.41, 5.74) is 11.5. The summed E-state index contributed by atoms with van der Waals surface area (Å²) in [5.74, 6) is 0.948. The molecule has 3 N–H and O–H groups in total. The predicted octanol–water partition coefficient (Wildman–Crippen LogP) is 2.50. The third-order valence-electron chi connectivity index (χ3n) is 2.93. The molecule has 0 aliphatic heterocycles. The van der Waals surface area contributed by atoms with E-state index in [2.05, 4.69) is 42.0 Å². The van der Waals surface area contributed by atoms with E-state index in [1.807, 2.05) is 6.92 Å². The zero-order chi connectivity index (χ0) is 12.4. The number of hydrogen-bond acceptors (Lipinski definition) is 2. The molecule has 0 fully saturated rings. The van der Waals surface area contributed by atoms with Crippen LogP contribution in [0.25, 0.3) is 11.3 Å². The van der Waals surface area contributed by atoms with Gasteiger partial charge >= 0.3 is 0 Å². The van der Waals surface area contributed by atoms with Gasteiger partial charge in [-0.1, -0.05) is 23.8 Å². The van der Waals surface area contributed by atoms with Crippen molar-refractivity contribution in [2.24, 2.45) is 5.73 Å². The van der Waals surface area contributed by atoms with Crippen LogP contribution in [-0.2, 0) is 6.42 Å². The van der Waals surface area contributed by atoms with Crippen LogP contribution in [0.5, 0.6) is 0 Å². The van der Waals surface area contributed by atoms with E-state index in [4.69, 9.17) is 5.73 Å². The molecule has 1 heterocycles. The summed E-state index contributed by atoms with van der Waals surface area (Å²) < 4.78 is 0. The maximum absolute atomic E-state index is 5.63. The third kappa shape index (κ3) is 2.39. The van der Waals surface area contributed by atoms with Gasteiger partial charge in [0.25, 0.3) is 0 Å². The molecule has 0 bridgehead atoms. The van der Waals surface area contributed by atoms with Crippen molar-refractivity contribution < 1.29 is 0 Å². The summed E-state index contributed by atoms with van der Waals surface area (Å²) in [5, 5.41) is 0. The Balaban J connectivity index is 2.51. The van der Waals surface area contributed by atoms with E-state index in [9.17, 15) is 0 Å². The molecule has 0 unspecified atom stereocenters. The molecular formula is C14H19N3. The van der Waals surface area contributed by atoms with E-state index in [0.29, 0.717) is 6.54 Å². The van der Waals surface area contributed by atoms with E-state index in [-0.39, 0.29) is 0 Å². The van der Waals surface area contributed by atoms with Crippen molar-refractivity contribution in [1.29, 1.82) is 0 Å². The van der Waals surface area contributed by atoms with Crippen molar-refractivity contribution in [3.8, 4) is 11.3 Å². The Morgan fingerprint density at radius 1 is 1.24 bits per heavy atom. The van der Waals surface area contributed by atoms with E-state index < -0.39 is 0 Å². The largest absolute Gasteiger partial charge is 0.346 e. The molecule has 0 atom stereocenters. The third-order valence-corrected chi connectivity index (χ3v) is 2.93.